The number of hydrogen-bond acceptors (Lipinski definition) is 4. The Morgan fingerprint density at radius 2 is 1.76 bits per heavy atom. The zero-order valence-corrected chi connectivity index (χ0v) is 13.6. The Balaban J connectivity index is 2.67. The average molecular weight is 261 g/mol. The summed E-state index contributed by atoms with van der Waals surface area (Å²) in [4.78, 5) is 0. The second-order valence-corrected chi connectivity index (χ2v) is 5.50. The van der Waals surface area contributed by atoms with Gasteiger partial charge in [-0.05, 0) is 18.9 Å². The van der Waals surface area contributed by atoms with Crippen molar-refractivity contribution in [3.8, 4) is 0 Å². The largest absolute Gasteiger partial charge is 0.375 e. The molecular formula is C12H27NO3Si. The quantitative estimate of drug-likeness (QED) is 0.540. The molecule has 0 amide bonds. The van der Waals surface area contributed by atoms with Gasteiger partial charge in [0.05, 0.1) is 0 Å². The molecule has 4 nitrogen and oxygen atoms in total. The van der Waals surface area contributed by atoms with Crippen molar-refractivity contribution < 1.29 is 14.2 Å². The number of rotatable bonds is 7. The molecule has 1 atom stereocenters. The third-order valence-corrected chi connectivity index (χ3v) is 4.44. The van der Waals surface area contributed by atoms with E-state index in [0.29, 0.717) is 6.04 Å². The first-order chi connectivity index (χ1) is 8.22. The van der Waals surface area contributed by atoms with Crippen molar-refractivity contribution >= 4 is 10.2 Å². The summed E-state index contributed by atoms with van der Waals surface area (Å²) in [6.07, 6.45) is 6.29. The van der Waals surface area contributed by atoms with E-state index in [4.69, 9.17) is 14.2 Å². The van der Waals surface area contributed by atoms with Gasteiger partial charge in [-0.25, -0.2) is 0 Å². The first kappa shape index (κ1) is 15.1. The standard InChI is InChI=1S/C12H27NO3Si/c1-14-11(9-17)12(15-2,16-3)13-10-7-5-4-6-8-10/h10-11,13H,4-9H2,1-3,17H3. The Labute approximate surface area is 108 Å². The zero-order valence-electron chi connectivity index (χ0n) is 11.6. The Bertz CT molecular complexity index is 202. The van der Waals surface area contributed by atoms with Crippen LogP contribution in [-0.4, -0.2) is 49.6 Å². The minimum atomic E-state index is -0.779. The summed E-state index contributed by atoms with van der Waals surface area (Å²) in [6, 6.07) is 1.47. The van der Waals surface area contributed by atoms with Crippen molar-refractivity contribution in [2.45, 2.75) is 56.2 Å². The van der Waals surface area contributed by atoms with Crippen LogP contribution in [0.1, 0.15) is 32.1 Å². The third-order valence-electron chi connectivity index (χ3n) is 3.70. The van der Waals surface area contributed by atoms with Gasteiger partial charge in [0.2, 0.25) is 0 Å². The van der Waals surface area contributed by atoms with Crippen LogP contribution in [0.4, 0.5) is 0 Å². The predicted molar refractivity (Wildman–Crippen MR) is 72.3 cm³/mol. The molecule has 0 bridgehead atoms. The van der Waals surface area contributed by atoms with Gasteiger partial charge in [0, 0.05) is 37.6 Å². The van der Waals surface area contributed by atoms with Crippen LogP contribution in [0.3, 0.4) is 0 Å². The van der Waals surface area contributed by atoms with E-state index in [1.807, 2.05) is 0 Å². The maximum atomic E-state index is 5.60. The normalized spacial score (nSPS) is 20.6. The summed E-state index contributed by atoms with van der Waals surface area (Å²) in [5.41, 5.74) is 0. The second kappa shape index (κ2) is 7.48. The molecule has 0 saturated heterocycles. The minimum Gasteiger partial charge on any atom is -0.375 e. The maximum Gasteiger partial charge on any atom is 0.254 e. The van der Waals surface area contributed by atoms with Crippen molar-refractivity contribution in [3.05, 3.63) is 0 Å². The van der Waals surface area contributed by atoms with Crippen LogP contribution >= 0.6 is 0 Å². The molecule has 1 aliphatic rings. The molecule has 0 aromatic heterocycles. The molecule has 0 heterocycles. The van der Waals surface area contributed by atoms with E-state index in [-0.39, 0.29) is 6.10 Å². The molecule has 1 unspecified atom stereocenters. The smallest absolute Gasteiger partial charge is 0.254 e. The fraction of sp³-hybridized carbons (Fsp3) is 1.00. The van der Waals surface area contributed by atoms with E-state index in [1.54, 1.807) is 21.3 Å². The molecule has 5 heteroatoms. The summed E-state index contributed by atoms with van der Waals surface area (Å²) in [5.74, 6) is -0.779. The lowest BCUT2D eigenvalue weighted by atomic mass is 9.95. The highest BCUT2D eigenvalue weighted by atomic mass is 28.1. The third kappa shape index (κ3) is 3.76. The van der Waals surface area contributed by atoms with Crippen LogP contribution in [0.25, 0.3) is 0 Å². The Hall–Kier alpha value is 0.0569. The first-order valence-electron chi connectivity index (χ1n) is 6.63. The van der Waals surface area contributed by atoms with E-state index in [2.05, 4.69) is 5.32 Å². The Morgan fingerprint density at radius 3 is 2.18 bits per heavy atom. The van der Waals surface area contributed by atoms with Crippen LogP contribution in [0.2, 0.25) is 6.04 Å². The highest BCUT2D eigenvalue weighted by molar-refractivity contribution is 6.08. The molecule has 1 N–H and O–H groups in total. The number of methoxy groups -OCH3 is 3. The van der Waals surface area contributed by atoms with E-state index in [0.717, 1.165) is 16.3 Å². The lowest BCUT2D eigenvalue weighted by Gasteiger charge is -2.41. The Morgan fingerprint density at radius 1 is 1.18 bits per heavy atom. The zero-order chi connectivity index (χ0) is 12.7. The Kier molecular flexibility index (Phi) is 6.65. The molecule has 1 aliphatic carbocycles. The summed E-state index contributed by atoms with van der Waals surface area (Å²) in [5, 5.41) is 3.52. The van der Waals surface area contributed by atoms with Gasteiger partial charge in [0.1, 0.15) is 6.10 Å². The van der Waals surface area contributed by atoms with Gasteiger partial charge >= 0.3 is 0 Å². The van der Waals surface area contributed by atoms with Gasteiger partial charge < -0.3 is 14.2 Å². The van der Waals surface area contributed by atoms with Crippen LogP contribution < -0.4 is 5.32 Å². The summed E-state index contributed by atoms with van der Waals surface area (Å²) in [7, 11) is 6.15. The minimum absolute atomic E-state index is 0.0360. The van der Waals surface area contributed by atoms with Crippen LogP contribution in [0, 0.1) is 0 Å². The summed E-state index contributed by atoms with van der Waals surface area (Å²) < 4.78 is 16.7. The van der Waals surface area contributed by atoms with Gasteiger partial charge in [0.25, 0.3) is 5.91 Å². The van der Waals surface area contributed by atoms with Gasteiger partial charge in [-0.1, -0.05) is 19.3 Å². The van der Waals surface area contributed by atoms with Crippen molar-refractivity contribution in [2.75, 3.05) is 21.3 Å². The first-order valence-corrected chi connectivity index (χ1v) is 8.04. The topological polar surface area (TPSA) is 39.7 Å². The highest BCUT2D eigenvalue weighted by Crippen LogP contribution is 2.24. The molecule has 0 spiro atoms. The number of hydrogen-bond donors (Lipinski definition) is 1. The maximum absolute atomic E-state index is 5.60. The van der Waals surface area contributed by atoms with Gasteiger partial charge in [-0.2, -0.15) is 0 Å². The average Bonchev–Trinajstić information content (AvgIpc) is 2.40. The fourth-order valence-corrected chi connectivity index (χ4v) is 3.55. The molecule has 0 radical (unpaired) electrons. The number of nitrogens with one attached hydrogen (secondary N) is 1. The predicted octanol–water partition coefficient (Wildman–Crippen LogP) is 0.654. The van der Waals surface area contributed by atoms with Crippen LogP contribution in [-0.2, 0) is 14.2 Å². The molecular weight excluding hydrogens is 234 g/mol. The van der Waals surface area contributed by atoms with Crippen molar-refractivity contribution in [2.24, 2.45) is 0 Å². The lowest BCUT2D eigenvalue weighted by molar-refractivity contribution is -0.283. The van der Waals surface area contributed by atoms with Crippen molar-refractivity contribution in [1.82, 2.24) is 5.32 Å². The molecule has 0 aliphatic heterocycles. The van der Waals surface area contributed by atoms with E-state index in [9.17, 15) is 0 Å². The fourth-order valence-electron chi connectivity index (χ4n) is 2.68. The molecule has 17 heavy (non-hydrogen) atoms. The number of ether oxygens (including phenoxy) is 3. The van der Waals surface area contributed by atoms with Gasteiger partial charge in [-0.15, -0.1) is 0 Å². The molecule has 1 fully saturated rings. The van der Waals surface area contributed by atoms with E-state index < -0.39 is 5.91 Å². The van der Waals surface area contributed by atoms with Crippen molar-refractivity contribution in [3.63, 3.8) is 0 Å². The van der Waals surface area contributed by atoms with Gasteiger partial charge in [-0.3, -0.25) is 5.32 Å². The summed E-state index contributed by atoms with van der Waals surface area (Å²) >= 11 is 0. The highest BCUT2D eigenvalue weighted by Gasteiger charge is 2.40. The SMILES string of the molecule is COC(C[SiH3])C(NC1CCCCC1)(OC)OC. The lowest BCUT2D eigenvalue weighted by Crippen LogP contribution is -2.61. The molecule has 0 aromatic carbocycles. The molecule has 102 valence electrons. The molecule has 1 saturated carbocycles. The van der Waals surface area contributed by atoms with E-state index >= 15 is 0 Å². The summed E-state index contributed by atoms with van der Waals surface area (Å²) in [6.45, 7) is 0. The second-order valence-electron chi connectivity index (χ2n) is 4.69. The van der Waals surface area contributed by atoms with Crippen LogP contribution in [0.5, 0.6) is 0 Å². The van der Waals surface area contributed by atoms with E-state index in [1.165, 1.54) is 32.1 Å². The molecule has 1 rings (SSSR count). The molecule has 0 aromatic rings. The van der Waals surface area contributed by atoms with Gasteiger partial charge in [0.15, 0.2) is 0 Å². The van der Waals surface area contributed by atoms with Crippen LogP contribution in [0.15, 0.2) is 0 Å². The monoisotopic (exact) mass is 261 g/mol. The van der Waals surface area contributed by atoms with Crippen molar-refractivity contribution in [1.29, 1.82) is 0 Å².